The van der Waals surface area contributed by atoms with Gasteiger partial charge in [0.2, 0.25) is 0 Å². The number of aliphatic hydroxyl groups excluding tert-OH is 1. The van der Waals surface area contributed by atoms with E-state index in [9.17, 15) is 9.90 Å². The third kappa shape index (κ3) is 5.72. The molecule has 1 fully saturated rings. The summed E-state index contributed by atoms with van der Waals surface area (Å²) in [6, 6.07) is 0.0301. The first-order chi connectivity index (χ1) is 8.13. The molecule has 6 heteroatoms. The second kappa shape index (κ2) is 7.92. The lowest BCUT2D eigenvalue weighted by Gasteiger charge is -2.35. The second-order valence-corrected chi connectivity index (χ2v) is 5.28. The average molecular weight is 263 g/mol. The molecule has 2 atom stereocenters. The van der Waals surface area contributed by atoms with Crippen molar-refractivity contribution in [3.05, 3.63) is 0 Å². The van der Waals surface area contributed by atoms with Gasteiger partial charge in [-0.1, -0.05) is 0 Å². The van der Waals surface area contributed by atoms with E-state index in [4.69, 9.17) is 9.84 Å². The minimum absolute atomic E-state index is 0.0301. The molecule has 2 unspecified atom stereocenters. The van der Waals surface area contributed by atoms with Crippen molar-refractivity contribution in [1.29, 1.82) is 0 Å². The van der Waals surface area contributed by atoms with Crippen LogP contribution in [0.15, 0.2) is 0 Å². The van der Waals surface area contributed by atoms with Gasteiger partial charge in [-0.25, -0.2) is 0 Å². The Bertz CT molecular complexity index is 240. The summed E-state index contributed by atoms with van der Waals surface area (Å²) in [5, 5.41) is 18.6. The number of thioether (sulfide) groups is 1. The van der Waals surface area contributed by atoms with E-state index in [1.165, 1.54) is 0 Å². The largest absolute Gasteiger partial charge is 0.481 e. The quantitative estimate of drug-likeness (QED) is 0.687. The molecular formula is C11H21NO4S. The topological polar surface area (TPSA) is 70.0 Å². The maximum absolute atomic E-state index is 10.7. The summed E-state index contributed by atoms with van der Waals surface area (Å²) >= 11 is 1.78. The Morgan fingerprint density at radius 3 is 3.06 bits per heavy atom. The Labute approximate surface area is 106 Å². The predicted octanol–water partition coefficient (Wildman–Crippen LogP) is 0.276. The summed E-state index contributed by atoms with van der Waals surface area (Å²) in [5.74, 6) is 1.05. The minimum Gasteiger partial charge on any atom is -0.481 e. The number of carboxylic acid groups (broad SMARTS) is 1. The van der Waals surface area contributed by atoms with Gasteiger partial charge in [-0.05, 0) is 6.92 Å². The Kier molecular flexibility index (Phi) is 6.87. The molecule has 0 aromatic heterocycles. The van der Waals surface area contributed by atoms with Gasteiger partial charge >= 0.3 is 5.97 Å². The van der Waals surface area contributed by atoms with Crippen molar-refractivity contribution in [3.8, 4) is 0 Å². The molecule has 0 aliphatic carbocycles. The highest BCUT2D eigenvalue weighted by Gasteiger charge is 2.26. The molecule has 0 spiro atoms. The lowest BCUT2D eigenvalue weighted by molar-refractivity contribution is -0.138. The smallest absolute Gasteiger partial charge is 0.304 e. The molecule has 100 valence electrons. The summed E-state index contributed by atoms with van der Waals surface area (Å²) in [5.41, 5.74) is 0. The third-order valence-corrected chi connectivity index (χ3v) is 3.81. The Morgan fingerprint density at radius 2 is 2.41 bits per heavy atom. The van der Waals surface area contributed by atoms with E-state index < -0.39 is 12.1 Å². The number of carboxylic acids is 1. The Hall–Kier alpha value is -0.300. The van der Waals surface area contributed by atoms with E-state index in [2.05, 4.69) is 4.90 Å². The van der Waals surface area contributed by atoms with Gasteiger partial charge in [0.1, 0.15) is 0 Å². The highest BCUT2D eigenvalue weighted by Crippen LogP contribution is 2.19. The molecule has 1 rings (SSSR count). The van der Waals surface area contributed by atoms with Crippen LogP contribution in [-0.2, 0) is 9.53 Å². The first kappa shape index (κ1) is 14.8. The molecule has 1 saturated heterocycles. The Morgan fingerprint density at radius 1 is 1.65 bits per heavy atom. The molecule has 0 amide bonds. The number of β-amino-alcohol motifs (C(OH)–C–C–N with tert-alkyl or cyclic N) is 1. The van der Waals surface area contributed by atoms with Gasteiger partial charge in [-0.2, -0.15) is 11.8 Å². The monoisotopic (exact) mass is 263 g/mol. The van der Waals surface area contributed by atoms with Crippen LogP contribution in [0.5, 0.6) is 0 Å². The number of rotatable bonds is 7. The third-order valence-electron chi connectivity index (χ3n) is 2.72. The Balaban J connectivity index is 2.38. The normalized spacial score (nSPS) is 23.5. The molecular weight excluding hydrogens is 242 g/mol. The fourth-order valence-corrected chi connectivity index (χ4v) is 3.03. The molecule has 0 aromatic rings. The number of carbonyl (C=O) groups is 1. The number of aliphatic hydroxyl groups is 1. The van der Waals surface area contributed by atoms with Crippen molar-refractivity contribution in [3.63, 3.8) is 0 Å². The van der Waals surface area contributed by atoms with Gasteiger partial charge in [0.15, 0.2) is 0 Å². The fraction of sp³-hybridized carbons (Fsp3) is 0.909. The molecule has 0 bridgehead atoms. The minimum atomic E-state index is -0.776. The highest BCUT2D eigenvalue weighted by atomic mass is 32.2. The number of nitrogens with zero attached hydrogens (tertiary/aromatic N) is 1. The van der Waals surface area contributed by atoms with Gasteiger partial charge in [0, 0.05) is 37.2 Å². The summed E-state index contributed by atoms with van der Waals surface area (Å²) in [7, 11) is 0. The molecule has 1 heterocycles. The molecule has 2 N–H and O–H groups in total. The van der Waals surface area contributed by atoms with Crippen LogP contribution < -0.4 is 0 Å². The SMILES string of the molecule is CCOCC(O)CN1CCSCC1CC(=O)O. The van der Waals surface area contributed by atoms with E-state index in [1.54, 1.807) is 11.8 Å². The molecule has 5 nitrogen and oxygen atoms in total. The molecule has 1 aliphatic rings. The standard InChI is InChI=1S/C11H21NO4S/c1-2-16-7-10(13)6-12-3-4-17-8-9(12)5-11(14)15/h9-10,13H,2-8H2,1H3,(H,14,15). The van der Waals surface area contributed by atoms with Crippen LogP contribution in [0.25, 0.3) is 0 Å². The fourth-order valence-electron chi connectivity index (χ4n) is 1.90. The lowest BCUT2D eigenvalue weighted by atomic mass is 10.2. The van der Waals surface area contributed by atoms with Gasteiger partial charge in [-0.3, -0.25) is 9.69 Å². The zero-order valence-electron chi connectivity index (χ0n) is 10.2. The van der Waals surface area contributed by atoms with Crippen LogP contribution in [0.2, 0.25) is 0 Å². The highest BCUT2D eigenvalue weighted by molar-refractivity contribution is 7.99. The van der Waals surface area contributed by atoms with E-state index in [0.717, 1.165) is 18.1 Å². The van der Waals surface area contributed by atoms with E-state index >= 15 is 0 Å². The molecule has 0 radical (unpaired) electrons. The van der Waals surface area contributed by atoms with Crippen molar-refractivity contribution in [2.45, 2.75) is 25.5 Å². The van der Waals surface area contributed by atoms with E-state index in [-0.39, 0.29) is 12.5 Å². The van der Waals surface area contributed by atoms with Crippen LogP contribution in [0.3, 0.4) is 0 Å². The molecule has 1 aliphatic heterocycles. The number of hydrogen-bond donors (Lipinski definition) is 2. The number of ether oxygens (including phenoxy) is 1. The number of aliphatic carboxylic acids is 1. The second-order valence-electron chi connectivity index (χ2n) is 4.13. The van der Waals surface area contributed by atoms with Crippen LogP contribution in [0.1, 0.15) is 13.3 Å². The molecule has 0 aromatic carbocycles. The zero-order valence-corrected chi connectivity index (χ0v) is 11.0. The van der Waals surface area contributed by atoms with Gasteiger partial charge in [-0.15, -0.1) is 0 Å². The van der Waals surface area contributed by atoms with Gasteiger partial charge in [0.05, 0.1) is 19.1 Å². The average Bonchev–Trinajstić information content (AvgIpc) is 2.28. The summed E-state index contributed by atoms with van der Waals surface area (Å²) in [6.07, 6.45) is -0.386. The maximum Gasteiger partial charge on any atom is 0.304 e. The first-order valence-corrected chi connectivity index (χ1v) is 7.08. The maximum atomic E-state index is 10.7. The first-order valence-electron chi connectivity index (χ1n) is 5.92. The van der Waals surface area contributed by atoms with Crippen molar-refractivity contribution in [2.75, 3.05) is 37.8 Å². The summed E-state index contributed by atoms with van der Waals surface area (Å²) in [4.78, 5) is 12.8. The lowest BCUT2D eigenvalue weighted by Crippen LogP contribution is -2.47. The van der Waals surface area contributed by atoms with Crippen LogP contribution in [-0.4, -0.2) is 71.0 Å². The van der Waals surface area contributed by atoms with Gasteiger partial charge in [0.25, 0.3) is 0 Å². The van der Waals surface area contributed by atoms with Gasteiger partial charge < -0.3 is 14.9 Å². The summed E-state index contributed by atoms with van der Waals surface area (Å²) < 4.78 is 5.15. The predicted molar refractivity (Wildman–Crippen MR) is 67.4 cm³/mol. The van der Waals surface area contributed by atoms with Crippen molar-refractivity contribution >= 4 is 17.7 Å². The summed E-state index contributed by atoms with van der Waals surface area (Å²) in [6.45, 7) is 4.13. The molecule has 17 heavy (non-hydrogen) atoms. The van der Waals surface area contributed by atoms with Crippen molar-refractivity contribution in [2.24, 2.45) is 0 Å². The van der Waals surface area contributed by atoms with Crippen LogP contribution >= 0.6 is 11.8 Å². The number of hydrogen-bond acceptors (Lipinski definition) is 5. The van der Waals surface area contributed by atoms with Crippen molar-refractivity contribution < 1.29 is 19.7 Å². The van der Waals surface area contributed by atoms with E-state index in [0.29, 0.717) is 19.8 Å². The molecule has 0 saturated carbocycles. The van der Waals surface area contributed by atoms with Crippen molar-refractivity contribution in [1.82, 2.24) is 4.90 Å². The van der Waals surface area contributed by atoms with Crippen LogP contribution in [0, 0.1) is 0 Å². The van der Waals surface area contributed by atoms with E-state index in [1.807, 2.05) is 6.92 Å². The van der Waals surface area contributed by atoms with Crippen LogP contribution in [0.4, 0.5) is 0 Å². The zero-order chi connectivity index (χ0) is 12.7.